The molecule has 0 atom stereocenters. The minimum Gasteiger partial charge on any atom is -0.418 e. The van der Waals surface area contributed by atoms with Crippen LogP contribution in [0.15, 0.2) is 46.9 Å². The highest BCUT2D eigenvalue weighted by Crippen LogP contribution is 2.54. The van der Waals surface area contributed by atoms with Crippen LogP contribution in [0.25, 0.3) is 28.5 Å². The van der Waals surface area contributed by atoms with Crippen LogP contribution in [0.5, 0.6) is 0 Å². The maximum Gasteiger partial charge on any atom is 0.403 e. The van der Waals surface area contributed by atoms with Crippen LogP contribution in [0.3, 0.4) is 0 Å². The molecule has 0 saturated heterocycles. The maximum absolute atomic E-state index is 13.8. The van der Waals surface area contributed by atoms with Gasteiger partial charge in [0.15, 0.2) is 5.69 Å². The monoisotopic (exact) mass is 526 g/mol. The summed E-state index contributed by atoms with van der Waals surface area (Å²) in [4.78, 5) is 0. The van der Waals surface area contributed by atoms with Gasteiger partial charge in [0.1, 0.15) is 5.41 Å². The molecule has 1 saturated carbocycles. The Morgan fingerprint density at radius 1 is 0.971 bits per heavy atom. The number of aromatic nitrogens is 4. The van der Waals surface area contributed by atoms with Crippen molar-refractivity contribution >= 4 is 34.8 Å². The Hall–Kier alpha value is -2.55. The van der Waals surface area contributed by atoms with Crippen LogP contribution in [0, 0.1) is 6.92 Å². The Morgan fingerprint density at radius 3 is 2.24 bits per heavy atom. The predicted octanol–water partition coefficient (Wildman–Crippen LogP) is 7.84. The molecule has 2 aromatic heterocycles. The molecule has 1 aliphatic carbocycles. The van der Waals surface area contributed by atoms with Crippen molar-refractivity contribution in [2.24, 2.45) is 0 Å². The topological polar surface area (TPSA) is 56.7 Å². The fraction of sp³-hybridized carbons (Fsp3) is 0.261. The summed E-state index contributed by atoms with van der Waals surface area (Å²) in [6.07, 6.45) is -4.20. The van der Waals surface area contributed by atoms with Crippen LogP contribution in [-0.4, -0.2) is 26.2 Å². The summed E-state index contributed by atoms with van der Waals surface area (Å²) in [7, 11) is 0. The highest BCUT2D eigenvalue weighted by atomic mass is 35.5. The highest BCUT2D eigenvalue weighted by Gasteiger charge is 2.63. The molecule has 34 heavy (non-hydrogen) atoms. The van der Waals surface area contributed by atoms with Crippen LogP contribution < -0.4 is 0 Å². The second kappa shape index (κ2) is 8.29. The number of alkyl halides is 3. The molecule has 176 valence electrons. The second-order valence-electron chi connectivity index (χ2n) is 8.18. The van der Waals surface area contributed by atoms with E-state index in [9.17, 15) is 13.2 Å². The van der Waals surface area contributed by atoms with Crippen LogP contribution >= 0.6 is 34.8 Å². The molecule has 2 aromatic carbocycles. The lowest BCUT2D eigenvalue weighted by Gasteiger charge is -2.39. The standard InChI is InChI=1S/C23H16Cl3F3N4O/c1-12-18(20-30-31-21(34-20)22(9-2-10-22)23(27,28)29)32-33(17-8-7-15(25)11-16(17)26)19(12)13-3-5-14(24)6-4-13/h3-8,11H,2,9-10H2,1H3. The third kappa shape index (κ3) is 3.68. The zero-order chi connectivity index (χ0) is 24.3. The van der Waals surface area contributed by atoms with E-state index in [4.69, 9.17) is 39.2 Å². The molecule has 0 unspecified atom stereocenters. The van der Waals surface area contributed by atoms with Gasteiger partial charge in [-0.2, -0.15) is 18.3 Å². The molecule has 0 aliphatic heterocycles. The average molecular weight is 528 g/mol. The van der Waals surface area contributed by atoms with Gasteiger partial charge in [0.05, 0.1) is 16.4 Å². The molecular weight excluding hydrogens is 512 g/mol. The van der Waals surface area contributed by atoms with E-state index in [0.29, 0.717) is 38.4 Å². The van der Waals surface area contributed by atoms with E-state index in [1.54, 1.807) is 41.9 Å². The van der Waals surface area contributed by atoms with Gasteiger partial charge in [-0.3, -0.25) is 0 Å². The minimum absolute atomic E-state index is 0.0814. The lowest BCUT2D eigenvalue weighted by Crippen LogP contribution is -2.48. The number of hydrogen-bond acceptors (Lipinski definition) is 4. The summed E-state index contributed by atoms with van der Waals surface area (Å²) in [5.74, 6) is -0.533. The van der Waals surface area contributed by atoms with Gasteiger partial charge >= 0.3 is 6.18 Å². The lowest BCUT2D eigenvalue weighted by molar-refractivity contribution is -0.219. The first-order valence-electron chi connectivity index (χ1n) is 10.3. The molecule has 1 fully saturated rings. The highest BCUT2D eigenvalue weighted by molar-refractivity contribution is 6.35. The van der Waals surface area contributed by atoms with Crippen molar-refractivity contribution in [3.63, 3.8) is 0 Å². The Morgan fingerprint density at radius 2 is 1.65 bits per heavy atom. The van der Waals surface area contributed by atoms with Crippen molar-refractivity contribution in [1.82, 2.24) is 20.0 Å². The molecule has 0 amide bonds. The molecular formula is C23H16Cl3F3N4O. The van der Waals surface area contributed by atoms with Gasteiger partial charge in [-0.1, -0.05) is 53.4 Å². The molecule has 0 bridgehead atoms. The second-order valence-corrected chi connectivity index (χ2v) is 9.46. The molecule has 4 aromatic rings. The van der Waals surface area contributed by atoms with Gasteiger partial charge in [0, 0.05) is 21.2 Å². The predicted molar refractivity (Wildman–Crippen MR) is 124 cm³/mol. The van der Waals surface area contributed by atoms with Crippen LogP contribution in [0.4, 0.5) is 13.2 Å². The average Bonchev–Trinajstić information content (AvgIpc) is 3.32. The molecule has 0 N–H and O–H groups in total. The molecule has 0 radical (unpaired) electrons. The first-order chi connectivity index (χ1) is 16.1. The van der Waals surface area contributed by atoms with E-state index < -0.39 is 17.5 Å². The Balaban J connectivity index is 1.68. The number of nitrogens with zero attached hydrogens (tertiary/aromatic N) is 4. The number of halogens is 6. The Kier molecular flexibility index (Phi) is 5.66. The van der Waals surface area contributed by atoms with Gasteiger partial charge in [0.2, 0.25) is 5.89 Å². The first-order valence-corrected chi connectivity index (χ1v) is 11.5. The summed E-state index contributed by atoms with van der Waals surface area (Å²) in [5.41, 5.74) is 0.704. The summed E-state index contributed by atoms with van der Waals surface area (Å²) >= 11 is 18.6. The molecule has 0 spiro atoms. The van der Waals surface area contributed by atoms with E-state index in [1.165, 1.54) is 0 Å². The van der Waals surface area contributed by atoms with Crippen molar-refractivity contribution < 1.29 is 17.6 Å². The van der Waals surface area contributed by atoms with Gasteiger partial charge in [0.25, 0.3) is 5.89 Å². The van der Waals surface area contributed by atoms with E-state index >= 15 is 0 Å². The third-order valence-electron chi connectivity index (χ3n) is 6.16. The first kappa shape index (κ1) is 23.2. The minimum atomic E-state index is -4.48. The van der Waals surface area contributed by atoms with Crippen molar-refractivity contribution in [1.29, 1.82) is 0 Å². The summed E-state index contributed by atoms with van der Waals surface area (Å²) in [5, 5.41) is 13.7. The SMILES string of the molecule is Cc1c(-c2nnc(C3(C(F)(F)F)CCC3)o2)nn(-c2ccc(Cl)cc2Cl)c1-c1ccc(Cl)cc1. The summed E-state index contributed by atoms with van der Waals surface area (Å²) < 4.78 is 48.5. The van der Waals surface area contributed by atoms with Crippen LogP contribution in [-0.2, 0) is 5.41 Å². The van der Waals surface area contributed by atoms with Crippen LogP contribution in [0.1, 0.15) is 30.7 Å². The number of rotatable bonds is 4. The van der Waals surface area contributed by atoms with Gasteiger partial charge in [-0.25, -0.2) is 4.68 Å². The normalized spacial score (nSPS) is 15.4. The van der Waals surface area contributed by atoms with Gasteiger partial charge < -0.3 is 4.42 Å². The molecule has 5 nitrogen and oxygen atoms in total. The van der Waals surface area contributed by atoms with Crippen molar-refractivity contribution in [3.05, 3.63) is 69.0 Å². The Bertz CT molecular complexity index is 1380. The summed E-state index contributed by atoms with van der Waals surface area (Å²) in [6.45, 7) is 1.78. The van der Waals surface area contributed by atoms with Crippen molar-refractivity contribution in [2.75, 3.05) is 0 Å². The molecule has 2 heterocycles. The van der Waals surface area contributed by atoms with Gasteiger partial charge in [-0.15, -0.1) is 10.2 Å². The molecule has 5 rings (SSSR count). The molecule has 11 heteroatoms. The largest absolute Gasteiger partial charge is 0.418 e. The van der Waals surface area contributed by atoms with E-state index in [0.717, 1.165) is 5.56 Å². The number of benzene rings is 2. The fourth-order valence-electron chi connectivity index (χ4n) is 4.13. The smallest absolute Gasteiger partial charge is 0.403 e. The maximum atomic E-state index is 13.8. The van der Waals surface area contributed by atoms with Crippen molar-refractivity contribution in [3.8, 4) is 28.5 Å². The van der Waals surface area contributed by atoms with E-state index in [1.807, 2.05) is 12.1 Å². The third-order valence-corrected chi connectivity index (χ3v) is 6.95. The zero-order valence-corrected chi connectivity index (χ0v) is 19.9. The molecule has 1 aliphatic rings. The van der Waals surface area contributed by atoms with E-state index in [2.05, 4.69) is 15.3 Å². The fourth-order valence-corrected chi connectivity index (χ4v) is 4.75. The number of hydrogen-bond donors (Lipinski definition) is 0. The lowest BCUT2D eigenvalue weighted by atomic mass is 9.68. The summed E-state index contributed by atoms with van der Waals surface area (Å²) in [6, 6.07) is 12.0. The van der Waals surface area contributed by atoms with Crippen molar-refractivity contribution in [2.45, 2.75) is 37.8 Å². The van der Waals surface area contributed by atoms with Crippen LogP contribution in [0.2, 0.25) is 15.1 Å². The zero-order valence-electron chi connectivity index (χ0n) is 17.6. The quantitative estimate of drug-likeness (QED) is 0.271. The Labute approximate surface area is 207 Å². The van der Waals surface area contributed by atoms with Gasteiger partial charge in [-0.05, 0) is 50.1 Å². The van der Waals surface area contributed by atoms with E-state index in [-0.39, 0.29) is 24.4 Å².